The highest BCUT2D eigenvalue weighted by Crippen LogP contribution is 2.37. The highest BCUT2D eigenvalue weighted by atomic mass is 32.2. The number of nitrogens with one attached hydrogen (secondary N) is 1. The van der Waals surface area contributed by atoms with Crippen LogP contribution in [0.3, 0.4) is 0 Å². The predicted octanol–water partition coefficient (Wildman–Crippen LogP) is 6.16. The van der Waals surface area contributed by atoms with E-state index in [1.807, 2.05) is 73.0 Å². The van der Waals surface area contributed by atoms with E-state index in [0.717, 1.165) is 22.6 Å². The fourth-order valence-electron chi connectivity index (χ4n) is 4.11. The molecule has 38 heavy (non-hydrogen) atoms. The van der Waals surface area contributed by atoms with Crippen LogP contribution >= 0.6 is 11.8 Å². The Morgan fingerprint density at radius 3 is 2.58 bits per heavy atom. The van der Waals surface area contributed by atoms with Gasteiger partial charge in [0.2, 0.25) is 0 Å². The lowest BCUT2D eigenvalue weighted by atomic mass is 10.1. The molecule has 0 spiro atoms. The van der Waals surface area contributed by atoms with Crippen LogP contribution in [-0.2, 0) is 4.79 Å². The Balaban J connectivity index is 1.26. The summed E-state index contributed by atoms with van der Waals surface area (Å²) in [6, 6.07) is 23.1. The quantitative estimate of drug-likeness (QED) is 0.266. The summed E-state index contributed by atoms with van der Waals surface area (Å²) < 4.78 is 17.2. The van der Waals surface area contributed by atoms with E-state index in [9.17, 15) is 4.79 Å². The van der Waals surface area contributed by atoms with E-state index in [1.165, 1.54) is 11.8 Å². The maximum atomic E-state index is 12.8. The Hall–Kier alpha value is -4.30. The van der Waals surface area contributed by atoms with Crippen molar-refractivity contribution >= 4 is 40.4 Å². The van der Waals surface area contributed by atoms with Gasteiger partial charge < -0.3 is 14.2 Å². The second-order valence-electron chi connectivity index (χ2n) is 8.71. The Morgan fingerprint density at radius 1 is 0.974 bits per heavy atom. The van der Waals surface area contributed by atoms with Crippen molar-refractivity contribution in [2.45, 2.75) is 13.3 Å². The molecule has 0 aliphatic carbocycles. The summed E-state index contributed by atoms with van der Waals surface area (Å²) in [6.07, 6.45) is 2.37. The third-order valence-corrected chi connectivity index (χ3v) is 6.81. The Morgan fingerprint density at radius 2 is 1.79 bits per heavy atom. The first-order chi connectivity index (χ1) is 18.5. The van der Waals surface area contributed by atoms with Gasteiger partial charge in [-0.25, -0.2) is 0 Å². The number of aliphatic imine (C=N–C) groups is 1. The van der Waals surface area contributed by atoms with E-state index in [2.05, 4.69) is 4.99 Å². The van der Waals surface area contributed by atoms with Gasteiger partial charge in [-0.1, -0.05) is 60.3 Å². The van der Waals surface area contributed by atoms with E-state index in [0.29, 0.717) is 41.9 Å². The average Bonchev–Trinajstić information content (AvgIpc) is 3.35. The number of benzene rings is 3. The third kappa shape index (κ3) is 5.50. The Bertz CT molecular complexity index is 1460. The minimum Gasteiger partial charge on any atom is -0.493 e. The Kier molecular flexibility index (Phi) is 7.60. The molecule has 0 aromatic heterocycles. The average molecular weight is 526 g/mol. The number of carbonyl (C=O) groups is 1. The van der Waals surface area contributed by atoms with Gasteiger partial charge in [0.1, 0.15) is 11.6 Å². The number of amides is 1. The number of thioether (sulfide) groups is 1. The van der Waals surface area contributed by atoms with Crippen LogP contribution in [0.1, 0.15) is 23.1 Å². The van der Waals surface area contributed by atoms with Crippen LogP contribution in [0.4, 0.5) is 0 Å². The molecule has 2 aliphatic rings. The summed E-state index contributed by atoms with van der Waals surface area (Å²) in [4.78, 5) is 18.8. The molecule has 1 N–H and O–H groups in total. The van der Waals surface area contributed by atoms with Crippen molar-refractivity contribution in [2.24, 2.45) is 4.99 Å². The highest BCUT2D eigenvalue weighted by molar-refractivity contribution is 8.17. The molecule has 192 valence electrons. The number of rotatable bonds is 9. The number of fused-ring (bicyclic) bond motifs is 1. The number of aryl methyl sites for hydroxylation is 1. The van der Waals surface area contributed by atoms with Crippen LogP contribution in [-0.4, -0.2) is 42.1 Å². The molecule has 0 fully saturated rings. The molecule has 7 nitrogen and oxygen atoms in total. The second kappa shape index (κ2) is 11.4. The molecular weight excluding hydrogens is 498 g/mol. The number of methoxy groups -OCH3 is 1. The first-order valence-corrected chi connectivity index (χ1v) is 13.1. The smallest absolute Gasteiger partial charge is 0.283 e. The van der Waals surface area contributed by atoms with Gasteiger partial charge in [-0.3, -0.25) is 15.1 Å². The number of nitrogens with zero attached hydrogens (tertiary/aromatic N) is 2. The summed E-state index contributed by atoms with van der Waals surface area (Å²) in [5.41, 5.74) is 3.85. The number of carbonyl (C=O) groups excluding carboxylic acids is 1. The Labute approximate surface area is 225 Å². The van der Waals surface area contributed by atoms with Crippen molar-refractivity contribution in [3.63, 3.8) is 0 Å². The van der Waals surface area contributed by atoms with Gasteiger partial charge in [-0.15, -0.1) is 0 Å². The van der Waals surface area contributed by atoms with Crippen molar-refractivity contribution in [1.82, 2.24) is 4.90 Å². The number of hydrogen-bond donors (Lipinski definition) is 1. The van der Waals surface area contributed by atoms with Gasteiger partial charge in [0.25, 0.3) is 5.91 Å². The molecule has 3 aromatic rings. The van der Waals surface area contributed by atoms with E-state index < -0.39 is 5.91 Å². The minimum absolute atomic E-state index is 0.0907. The van der Waals surface area contributed by atoms with Crippen molar-refractivity contribution in [3.8, 4) is 17.2 Å². The molecule has 5 rings (SSSR count). The molecule has 0 atom stereocenters. The third-order valence-electron chi connectivity index (χ3n) is 5.99. The van der Waals surface area contributed by atoms with Gasteiger partial charge in [0, 0.05) is 11.8 Å². The SMILES string of the molecule is COc1cc(/C=C2/C(=N)N3C(c4ccccc4)=CSC3=NC2=O)ccc1OCCCOc1cccc(C)c1. The van der Waals surface area contributed by atoms with Crippen LogP contribution in [0.25, 0.3) is 11.8 Å². The highest BCUT2D eigenvalue weighted by Gasteiger charge is 2.36. The molecule has 8 heteroatoms. The van der Waals surface area contributed by atoms with Crippen molar-refractivity contribution in [1.29, 1.82) is 5.41 Å². The van der Waals surface area contributed by atoms with Gasteiger partial charge in [0.05, 0.1) is 31.6 Å². The van der Waals surface area contributed by atoms with Crippen LogP contribution in [0.5, 0.6) is 17.2 Å². The molecule has 0 saturated carbocycles. The van der Waals surface area contributed by atoms with Crippen LogP contribution in [0.15, 0.2) is 88.8 Å². The summed E-state index contributed by atoms with van der Waals surface area (Å²) in [5.74, 6) is 1.64. The normalized spacial score (nSPS) is 15.7. The lowest BCUT2D eigenvalue weighted by molar-refractivity contribution is -0.114. The van der Waals surface area contributed by atoms with Gasteiger partial charge >= 0.3 is 0 Å². The number of ether oxygens (including phenoxy) is 3. The lowest BCUT2D eigenvalue weighted by Crippen LogP contribution is -2.38. The van der Waals surface area contributed by atoms with Crippen LogP contribution in [0.2, 0.25) is 0 Å². The zero-order chi connectivity index (χ0) is 26.5. The summed E-state index contributed by atoms with van der Waals surface area (Å²) in [6.45, 7) is 3.03. The number of amidine groups is 2. The minimum atomic E-state index is -0.440. The van der Waals surface area contributed by atoms with E-state index in [1.54, 1.807) is 30.2 Å². The molecule has 2 heterocycles. The fourth-order valence-corrected chi connectivity index (χ4v) is 5.00. The zero-order valence-corrected chi connectivity index (χ0v) is 22.0. The molecule has 0 radical (unpaired) electrons. The largest absolute Gasteiger partial charge is 0.493 e. The molecule has 2 aliphatic heterocycles. The zero-order valence-electron chi connectivity index (χ0n) is 21.1. The molecule has 1 amide bonds. The van der Waals surface area contributed by atoms with Crippen LogP contribution < -0.4 is 14.2 Å². The van der Waals surface area contributed by atoms with Crippen molar-refractivity contribution < 1.29 is 19.0 Å². The molecule has 0 bridgehead atoms. The maximum absolute atomic E-state index is 12.8. The van der Waals surface area contributed by atoms with Gasteiger partial charge in [-0.2, -0.15) is 4.99 Å². The summed E-state index contributed by atoms with van der Waals surface area (Å²) >= 11 is 1.34. The van der Waals surface area contributed by atoms with E-state index >= 15 is 0 Å². The monoisotopic (exact) mass is 525 g/mol. The van der Waals surface area contributed by atoms with Crippen molar-refractivity contribution in [2.75, 3.05) is 20.3 Å². The van der Waals surface area contributed by atoms with Crippen molar-refractivity contribution in [3.05, 3.63) is 100 Å². The molecule has 0 saturated heterocycles. The summed E-state index contributed by atoms with van der Waals surface area (Å²) in [5, 5.41) is 11.2. The number of hydrogen-bond acceptors (Lipinski definition) is 6. The lowest BCUT2D eigenvalue weighted by Gasteiger charge is -2.27. The first-order valence-electron chi connectivity index (χ1n) is 12.2. The van der Waals surface area contributed by atoms with Gasteiger partial charge in [0.15, 0.2) is 16.7 Å². The first kappa shape index (κ1) is 25.4. The fraction of sp³-hybridized carbons (Fsp3) is 0.167. The standard InChI is InChI=1S/C30H27N3O4S/c1-20-8-6-11-23(16-20)36-14-7-15-37-26-13-12-21(18-27(26)35-2)17-24-28(31)33-25(22-9-4-3-5-10-22)19-38-30(33)32-29(24)34/h3-6,8-13,16-19,31H,7,14-15H2,1-2H3/b24-17-,31-28?. The molecular formula is C30H27N3O4S. The van der Waals surface area contributed by atoms with Gasteiger partial charge in [-0.05, 0) is 54.0 Å². The topological polar surface area (TPSA) is 84.2 Å². The van der Waals surface area contributed by atoms with E-state index in [4.69, 9.17) is 19.6 Å². The van der Waals surface area contributed by atoms with E-state index in [-0.39, 0.29) is 11.4 Å². The summed E-state index contributed by atoms with van der Waals surface area (Å²) in [7, 11) is 1.57. The maximum Gasteiger partial charge on any atom is 0.283 e. The molecule has 0 unspecified atom stereocenters. The van der Waals surface area contributed by atoms with Crippen LogP contribution in [0, 0.1) is 12.3 Å². The molecule has 3 aromatic carbocycles. The predicted molar refractivity (Wildman–Crippen MR) is 152 cm³/mol. The second-order valence-corrected chi connectivity index (χ2v) is 9.54.